The zero-order valence-corrected chi connectivity index (χ0v) is 13.5. The molecule has 0 radical (unpaired) electrons. The van der Waals surface area contributed by atoms with E-state index in [0.717, 1.165) is 5.56 Å². The minimum absolute atomic E-state index is 0.0602. The minimum Gasteiger partial charge on any atom is -0.478 e. The fourth-order valence-electron chi connectivity index (χ4n) is 3.17. The first-order valence-electron chi connectivity index (χ1n) is 7.62. The fourth-order valence-corrected chi connectivity index (χ4v) is 3.17. The predicted molar refractivity (Wildman–Crippen MR) is 82.7 cm³/mol. The first-order chi connectivity index (χ1) is 10.3. The zero-order valence-electron chi connectivity index (χ0n) is 13.5. The lowest BCUT2D eigenvalue weighted by atomic mass is 9.96. The number of aryl methyl sites for hydroxylation is 1. The van der Waals surface area contributed by atoms with E-state index in [-0.39, 0.29) is 18.5 Å². The number of hydrogen-bond donors (Lipinski definition) is 1. The van der Waals surface area contributed by atoms with Gasteiger partial charge >= 0.3 is 12.1 Å². The van der Waals surface area contributed by atoms with Crippen molar-refractivity contribution in [3.8, 4) is 0 Å². The molecule has 0 unspecified atom stereocenters. The molecule has 1 aliphatic carbocycles. The Morgan fingerprint density at radius 3 is 2.32 bits per heavy atom. The molecule has 1 aromatic rings. The van der Waals surface area contributed by atoms with Gasteiger partial charge in [0, 0.05) is 24.1 Å². The number of carbonyl (C=O) groups excluding carboxylic acids is 1. The molecular formula is C17H23NO4. The Balaban J connectivity index is 2.36. The lowest BCUT2D eigenvalue weighted by molar-refractivity contribution is -0.161. The summed E-state index contributed by atoms with van der Waals surface area (Å²) >= 11 is 0. The number of carboxylic acid groups (broad SMARTS) is 1. The normalized spacial score (nSPS) is 20.1. The molecule has 1 amide bonds. The Morgan fingerprint density at radius 1 is 1.18 bits per heavy atom. The SMILES string of the molecule is CC(C)N(C(=O)O[C@@]1(C(=O)O)CCc2ccccc21)C(C)C. The summed E-state index contributed by atoms with van der Waals surface area (Å²) in [5, 5.41) is 9.72. The van der Waals surface area contributed by atoms with Crippen LogP contribution in [0.4, 0.5) is 4.79 Å². The molecule has 22 heavy (non-hydrogen) atoms. The smallest absolute Gasteiger partial charge is 0.411 e. The second-order valence-corrected chi connectivity index (χ2v) is 6.25. The molecule has 5 heteroatoms. The van der Waals surface area contributed by atoms with Crippen LogP contribution in [-0.4, -0.2) is 34.2 Å². The maximum Gasteiger partial charge on any atom is 0.411 e. The topological polar surface area (TPSA) is 66.8 Å². The summed E-state index contributed by atoms with van der Waals surface area (Å²) in [7, 11) is 0. The van der Waals surface area contributed by atoms with E-state index in [1.54, 1.807) is 17.0 Å². The maximum absolute atomic E-state index is 12.5. The summed E-state index contributed by atoms with van der Waals surface area (Å²) in [5.41, 5.74) is -0.0583. The number of fused-ring (bicyclic) bond motifs is 1. The van der Waals surface area contributed by atoms with E-state index in [1.165, 1.54) is 0 Å². The first kappa shape index (κ1) is 16.3. The van der Waals surface area contributed by atoms with Gasteiger partial charge < -0.3 is 14.7 Å². The van der Waals surface area contributed by atoms with E-state index < -0.39 is 17.7 Å². The van der Waals surface area contributed by atoms with E-state index in [2.05, 4.69) is 0 Å². The van der Waals surface area contributed by atoms with Crippen molar-refractivity contribution in [3.05, 3.63) is 35.4 Å². The molecule has 0 aliphatic heterocycles. The van der Waals surface area contributed by atoms with E-state index in [4.69, 9.17) is 4.74 Å². The number of benzene rings is 1. The fraction of sp³-hybridized carbons (Fsp3) is 0.529. The van der Waals surface area contributed by atoms with Gasteiger partial charge in [-0.15, -0.1) is 0 Å². The number of hydrogen-bond acceptors (Lipinski definition) is 3. The van der Waals surface area contributed by atoms with E-state index in [1.807, 2.05) is 39.8 Å². The number of carbonyl (C=O) groups is 2. The highest BCUT2D eigenvalue weighted by Gasteiger charge is 2.50. The zero-order chi connectivity index (χ0) is 16.5. The average Bonchev–Trinajstić information content (AvgIpc) is 2.78. The lowest BCUT2D eigenvalue weighted by Crippen LogP contribution is -2.48. The molecular weight excluding hydrogens is 282 g/mol. The third-order valence-electron chi connectivity index (χ3n) is 4.13. The molecule has 0 aromatic heterocycles. The highest BCUT2D eigenvalue weighted by Crippen LogP contribution is 2.41. The van der Waals surface area contributed by atoms with E-state index in [9.17, 15) is 14.7 Å². The van der Waals surface area contributed by atoms with Crippen LogP contribution in [0.3, 0.4) is 0 Å². The van der Waals surface area contributed by atoms with Crippen LogP contribution < -0.4 is 0 Å². The number of amides is 1. The van der Waals surface area contributed by atoms with Gasteiger partial charge in [0.05, 0.1) is 0 Å². The van der Waals surface area contributed by atoms with Crippen LogP contribution in [0.1, 0.15) is 45.2 Å². The van der Waals surface area contributed by atoms with Crippen LogP contribution in [0.5, 0.6) is 0 Å². The van der Waals surface area contributed by atoms with E-state index in [0.29, 0.717) is 12.0 Å². The Kier molecular flexibility index (Phi) is 4.44. The van der Waals surface area contributed by atoms with E-state index >= 15 is 0 Å². The second kappa shape index (κ2) is 5.99. The summed E-state index contributed by atoms with van der Waals surface area (Å²) in [6.07, 6.45) is 0.292. The Hall–Kier alpha value is -2.04. The molecule has 0 fully saturated rings. The number of carboxylic acids is 1. The molecule has 1 atom stereocenters. The van der Waals surface area contributed by atoms with Crippen molar-refractivity contribution in [1.82, 2.24) is 4.90 Å². The van der Waals surface area contributed by atoms with Crippen LogP contribution in [0.25, 0.3) is 0 Å². The molecule has 1 aliphatic rings. The van der Waals surface area contributed by atoms with Crippen molar-refractivity contribution >= 4 is 12.1 Å². The molecule has 1 N–H and O–H groups in total. The van der Waals surface area contributed by atoms with Gasteiger partial charge in [-0.1, -0.05) is 24.3 Å². The summed E-state index contributed by atoms with van der Waals surface area (Å²) in [5.74, 6) is -1.11. The van der Waals surface area contributed by atoms with Crippen LogP contribution in [-0.2, 0) is 21.6 Å². The van der Waals surface area contributed by atoms with Crippen LogP contribution >= 0.6 is 0 Å². The molecule has 0 saturated carbocycles. The van der Waals surface area contributed by atoms with Gasteiger partial charge in [-0.3, -0.25) is 0 Å². The first-order valence-corrected chi connectivity index (χ1v) is 7.62. The largest absolute Gasteiger partial charge is 0.478 e. The predicted octanol–water partition coefficient (Wildman–Crippen LogP) is 3.17. The Morgan fingerprint density at radius 2 is 1.77 bits per heavy atom. The number of aliphatic carboxylic acids is 1. The summed E-state index contributed by atoms with van der Waals surface area (Å²) in [4.78, 5) is 26.0. The van der Waals surface area contributed by atoms with Gasteiger partial charge in [0.1, 0.15) is 0 Å². The van der Waals surface area contributed by atoms with Gasteiger partial charge in [-0.2, -0.15) is 0 Å². The van der Waals surface area contributed by atoms with Crippen molar-refractivity contribution < 1.29 is 19.4 Å². The third kappa shape index (κ3) is 2.67. The Labute approximate surface area is 130 Å². The lowest BCUT2D eigenvalue weighted by Gasteiger charge is -2.34. The van der Waals surface area contributed by atoms with Crippen LogP contribution in [0, 0.1) is 0 Å². The van der Waals surface area contributed by atoms with Crippen molar-refractivity contribution in [1.29, 1.82) is 0 Å². The molecule has 5 nitrogen and oxygen atoms in total. The molecule has 0 spiro atoms. The third-order valence-corrected chi connectivity index (χ3v) is 4.13. The summed E-state index contributed by atoms with van der Waals surface area (Å²) in [6, 6.07) is 7.14. The van der Waals surface area contributed by atoms with Crippen molar-refractivity contribution in [2.75, 3.05) is 0 Å². The van der Waals surface area contributed by atoms with Crippen molar-refractivity contribution in [2.24, 2.45) is 0 Å². The van der Waals surface area contributed by atoms with Gasteiger partial charge in [0.15, 0.2) is 0 Å². The molecule has 120 valence electrons. The number of rotatable bonds is 4. The molecule has 1 aromatic carbocycles. The van der Waals surface area contributed by atoms with Gasteiger partial charge in [-0.05, 0) is 39.7 Å². The highest BCUT2D eigenvalue weighted by molar-refractivity contribution is 5.84. The van der Waals surface area contributed by atoms with Crippen molar-refractivity contribution in [3.63, 3.8) is 0 Å². The number of ether oxygens (including phenoxy) is 1. The van der Waals surface area contributed by atoms with Gasteiger partial charge in [0.25, 0.3) is 0 Å². The minimum atomic E-state index is -1.57. The maximum atomic E-state index is 12.5. The molecule has 2 rings (SSSR count). The van der Waals surface area contributed by atoms with Gasteiger partial charge in [-0.25, -0.2) is 9.59 Å². The summed E-state index contributed by atoms with van der Waals surface area (Å²) in [6.45, 7) is 7.54. The Bertz CT molecular complexity index is 574. The summed E-state index contributed by atoms with van der Waals surface area (Å²) < 4.78 is 5.56. The monoisotopic (exact) mass is 305 g/mol. The highest BCUT2D eigenvalue weighted by atomic mass is 16.6. The average molecular weight is 305 g/mol. The molecule has 0 saturated heterocycles. The second-order valence-electron chi connectivity index (χ2n) is 6.25. The van der Waals surface area contributed by atoms with Crippen LogP contribution in [0.2, 0.25) is 0 Å². The quantitative estimate of drug-likeness (QED) is 0.928. The van der Waals surface area contributed by atoms with Crippen molar-refractivity contribution in [2.45, 2.75) is 58.2 Å². The van der Waals surface area contributed by atoms with Crippen LogP contribution in [0.15, 0.2) is 24.3 Å². The number of nitrogens with zero attached hydrogens (tertiary/aromatic N) is 1. The standard InChI is InChI=1S/C17H23NO4/c1-11(2)18(12(3)4)16(21)22-17(15(19)20)10-9-13-7-5-6-8-14(13)17/h5-8,11-12H,9-10H2,1-4H3,(H,19,20)/t17-/m0/s1. The molecule has 0 heterocycles. The molecule has 0 bridgehead atoms. The van der Waals surface area contributed by atoms with Gasteiger partial charge in [0.2, 0.25) is 5.60 Å².